The molecule has 3 heterocycles. The summed E-state index contributed by atoms with van der Waals surface area (Å²) in [6, 6.07) is 20.0. The van der Waals surface area contributed by atoms with Crippen LogP contribution in [0.25, 0.3) is 22.6 Å². The Morgan fingerprint density at radius 3 is 2.72 bits per heavy atom. The van der Waals surface area contributed by atoms with Crippen molar-refractivity contribution in [3.05, 3.63) is 91.0 Å². The van der Waals surface area contributed by atoms with Gasteiger partial charge in [-0.3, -0.25) is 9.48 Å². The van der Waals surface area contributed by atoms with Crippen molar-refractivity contribution in [3.8, 4) is 11.6 Å². The van der Waals surface area contributed by atoms with Crippen LogP contribution in [0.3, 0.4) is 0 Å². The molecule has 3 aromatic heterocycles. The van der Waals surface area contributed by atoms with Crippen molar-refractivity contribution in [2.24, 2.45) is 0 Å². The molecule has 1 amide bonds. The minimum atomic E-state index is -0.567. The maximum absolute atomic E-state index is 13.1. The number of rotatable bonds is 5. The summed E-state index contributed by atoms with van der Waals surface area (Å²) in [5.74, 6) is 1.13. The van der Waals surface area contributed by atoms with Crippen LogP contribution in [0.15, 0.2) is 89.8 Å². The average molecular weight is 383 g/mol. The highest BCUT2D eigenvalue weighted by molar-refractivity contribution is 5.97. The first-order chi connectivity index (χ1) is 14.3. The van der Waals surface area contributed by atoms with Gasteiger partial charge in [-0.15, -0.1) is 0 Å². The number of amides is 1. The lowest BCUT2D eigenvalue weighted by Gasteiger charge is -2.18. The fraction of sp³-hybridized carbons (Fsp3) is 0.0455. The van der Waals surface area contributed by atoms with E-state index < -0.39 is 6.04 Å². The Morgan fingerprint density at radius 1 is 1.07 bits per heavy atom. The van der Waals surface area contributed by atoms with Crippen molar-refractivity contribution in [3.63, 3.8) is 0 Å². The number of H-pyrrole nitrogens is 1. The van der Waals surface area contributed by atoms with Crippen LogP contribution >= 0.6 is 0 Å². The Labute approximate surface area is 166 Å². The molecule has 1 unspecified atom stereocenters. The van der Waals surface area contributed by atoms with Crippen molar-refractivity contribution < 1.29 is 9.21 Å². The first-order valence-corrected chi connectivity index (χ1v) is 9.16. The van der Waals surface area contributed by atoms with Gasteiger partial charge in [0.15, 0.2) is 17.6 Å². The molecule has 0 saturated heterocycles. The number of aromatic amines is 1. The van der Waals surface area contributed by atoms with Crippen LogP contribution in [0, 0.1) is 0 Å². The van der Waals surface area contributed by atoms with E-state index in [0.717, 1.165) is 16.6 Å². The molecule has 0 fully saturated rings. The summed E-state index contributed by atoms with van der Waals surface area (Å²) in [7, 11) is 0. The Hall–Kier alpha value is -4.13. The largest absolute Gasteiger partial charge is 0.461 e. The van der Waals surface area contributed by atoms with Crippen LogP contribution in [0.2, 0.25) is 0 Å². The number of carbonyl (C=O) groups excluding carboxylic acids is 1. The zero-order valence-electron chi connectivity index (χ0n) is 15.3. The van der Waals surface area contributed by atoms with E-state index in [1.54, 1.807) is 29.4 Å². The van der Waals surface area contributed by atoms with Crippen molar-refractivity contribution in [2.75, 3.05) is 5.32 Å². The lowest BCUT2D eigenvalue weighted by molar-refractivity contribution is -0.118. The Kier molecular flexibility index (Phi) is 4.18. The number of furan rings is 1. The standard InChI is InChI=1S/C22H17N5O2/c28-22(20(27-12-5-11-23-27)15-6-2-1-3-7-15)24-16-9-10-17-18(14-16)26-21(25-17)19-8-4-13-29-19/h1-14,20H,(H,24,28)(H,25,26). The molecule has 0 aliphatic rings. The second kappa shape index (κ2) is 7.12. The molecule has 2 N–H and O–H groups in total. The molecular formula is C22H17N5O2. The van der Waals surface area contributed by atoms with Gasteiger partial charge in [0.05, 0.1) is 17.3 Å². The maximum Gasteiger partial charge on any atom is 0.253 e. The number of carbonyl (C=O) groups is 1. The van der Waals surface area contributed by atoms with E-state index in [1.165, 1.54) is 0 Å². The van der Waals surface area contributed by atoms with E-state index in [9.17, 15) is 4.79 Å². The normalized spacial score (nSPS) is 12.1. The minimum Gasteiger partial charge on any atom is -0.461 e. The summed E-state index contributed by atoms with van der Waals surface area (Å²) in [4.78, 5) is 20.9. The molecule has 0 saturated carbocycles. The molecule has 29 heavy (non-hydrogen) atoms. The van der Waals surface area contributed by atoms with Gasteiger partial charge in [-0.2, -0.15) is 5.10 Å². The van der Waals surface area contributed by atoms with Gasteiger partial charge in [-0.25, -0.2) is 4.98 Å². The summed E-state index contributed by atoms with van der Waals surface area (Å²) >= 11 is 0. The smallest absolute Gasteiger partial charge is 0.253 e. The third-order valence-corrected chi connectivity index (χ3v) is 4.66. The fourth-order valence-electron chi connectivity index (χ4n) is 3.32. The molecular weight excluding hydrogens is 366 g/mol. The predicted molar refractivity (Wildman–Crippen MR) is 109 cm³/mol. The topological polar surface area (TPSA) is 88.7 Å². The molecule has 0 spiro atoms. The molecule has 2 aromatic carbocycles. The van der Waals surface area contributed by atoms with Crippen molar-refractivity contribution in [2.45, 2.75) is 6.04 Å². The van der Waals surface area contributed by atoms with E-state index in [4.69, 9.17) is 4.42 Å². The van der Waals surface area contributed by atoms with Crippen molar-refractivity contribution in [1.29, 1.82) is 0 Å². The molecule has 0 bridgehead atoms. The molecule has 0 aliphatic heterocycles. The lowest BCUT2D eigenvalue weighted by atomic mass is 10.1. The van der Waals surface area contributed by atoms with Crippen molar-refractivity contribution >= 4 is 22.6 Å². The van der Waals surface area contributed by atoms with Gasteiger partial charge in [0.1, 0.15) is 0 Å². The van der Waals surface area contributed by atoms with Crippen LogP contribution in [-0.2, 0) is 4.79 Å². The van der Waals surface area contributed by atoms with Crippen molar-refractivity contribution in [1.82, 2.24) is 19.7 Å². The second-order valence-corrected chi connectivity index (χ2v) is 6.58. The molecule has 0 aliphatic carbocycles. The number of nitrogens with one attached hydrogen (secondary N) is 2. The van der Waals surface area contributed by atoms with E-state index in [1.807, 2.05) is 60.7 Å². The number of anilines is 1. The zero-order valence-corrected chi connectivity index (χ0v) is 15.3. The summed E-state index contributed by atoms with van der Waals surface area (Å²) in [5.41, 5.74) is 3.13. The number of imidazole rings is 1. The van der Waals surface area contributed by atoms with E-state index in [2.05, 4.69) is 20.4 Å². The van der Waals surface area contributed by atoms with Crippen LogP contribution < -0.4 is 5.32 Å². The summed E-state index contributed by atoms with van der Waals surface area (Å²) in [5, 5.41) is 7.26. The number of aromatic nitrogens is 4. The number of benzene rings is 2. The summed E-state index contributed by atoms with van der Waals surface area (Å²) in [6.07, 6.45) is 5.05. The third kappa shape index (κ3) is 3.29. The van der Waals surface area contributed by atoms with Crippen LogP contribution in [0.4, 0.5) is 5.69 Å². The first kappa shape index (κ1) is 17.0. The van der Waals surface area contributed by atoms with Crippen LogP contribution in [-0.4, -0.2) is 25.7 Å². The van der Waals surface area contributed by atoms with Gasteiger partial charge < -0.3 is 14.7 Å². The predicted octanol–water partition coefficient (Wildman–Crippen LogP) is 4.25. The SMILES string of the molecule is O=C(Nc1ccc2nc(-c3ccco3)[nH]c2c1)C(c1ccccc1)n1cccn1. The van der Waals surface area contributed by atoms with Gasteiger partial charge in [-0.05, 0) is 42.0 Å². The third-order valence-electron chi connectivity index (χ3n) is 4.66. The van der Waals surface area contributed by atoms with Crippen LogP contribution in [0.1, 0.15) is 11.6 Å². The highest BCUT2D eigenvalue weighted by Gasteiger charge is 2.23. The quantitative estimate of drug-likeness (QED) is 0.475. The molecule has 142 valence electrons. The number of fused-ring (bicyclic) bond motifs is 1. The van der Waals surface area contributed by atoms with E-state index in [-0.39, 0.29) is 5.91 Å². The highest BCUT2D eigenvalue weighted by Crippen LogP contribution is 2.25. The van der Waals surface area contributed by atoms with Gasteiger partial charge in [0, 0.05) is 18.1 Å². The molecule has 7 nitrogen and oxygen atoms in total. The molecule has 5 rings (SSSR count). The molecule has 0 radical (unpaired) electrons. The average Bonchev–Trinajstić information content (AvgIpc) is 3.50. The number of nitrogens with zero attached hydrogens (tertiary/aromatic N) is 3. The lowest BCUT2D eigenvalue weighted by Crippen LogP contribution is -2.27. The second-order valence-electron chi connectivity index (χ2n) is 6.58. The minimum absolute atomic E-state index is 0.176. The molecule has 7 heteroatoms. The fourth-order valence-corrected chi connectivity index (χ4v) is 3.32. The molecule has 5 aromatic rings. The zero-order chi connectivity index (χ0) is 19.6. The highest BCUT2D eigenvalue weighted by atomic mass is 16.3. The first-order valence-electron chi connectivity index (χ1n) is 9.16. The summed E-state index contributed by atoms with van der Waals surface area (Å²) in [6.45, 7) is 0. The van der Waals surface area contributed by atoms with Gasteiger partial charge >= 0.3 is 0 Å². The maximum atomic E-state index is 13.1. The molecule has 1 atom stereocenters. The van der Waals surface area contributed by atoms with E-state index >= 15 is 0 Å². The monoisotopic (exact) mass is 383 g/mol. The van der Waals surface area contributed by atoms with Gasteiger partial charge in [0.25, 0.3) is 5.91 Å². The van der Waals surface area contributed by atoms with Crippen LogP contribution in [0.5, 0.6) is 0 Å². The Bertz CT molecular complexity index is 1240. The number of hydrogen-bond acceptors (Lipinski definition) is 4. The summed E-state index contributed by atoms with van der Waals surface area (Å²) < 4.78 is 7.04. The van der Waals surface area contributed by atoms with E-state index in [0.29, 0.717) is 17.3 Å². The number of hydrogen-bond donors (Lipinski definition) is 2. The van der Waals surface area contributed by atoms with Gasteiger partial charge in [0.2, 0.25) is 0 Å². The Balaban J connectivity index is 1.45. The van der Waals surface area contributed by atoms with Gasteiger partial charge in [-0.1, -0.05) is 30.3 Å². The Morgan fingerprint density at radius 2 is 1.97 bits per heavy atom.